The molecule has 1 aromatic rings. The molecule has 108 valence electrons. The van der Waals surface area contributed by atoms with Gasteiger partial charge in [0.1, 0.15) is 5.56 Å². The fraction of sp³-hybridized carbons (Fsp3) is 0.538. The molecule has 0 spiro atoms. The van der Waals surface area contributed by atoms with Crippen LogP contribution in [-0.4, -0.2) is 21.8 Å². The molecule has 1 aliphatic carbocycles. The number of carbonyl (C=O) groups excluding carboxylic acids is 1. The normalized spacial score (nSPS) is 14.1. The van der Waals surface area contributed by atoms with Gasteiger partial charge in [0, 0.05) is 17.7 Å². The summed E-state index contributed by atoms with van der Waals surface area (Å²) < 4.78 is 0. The van der Waals surface area contributed by atoms with E-state index in [9.17, 15) is 19.7 Å². The Morgan fingerprint density at radius 3 is 2.75 bits per heavy atom. The number of thiophene rings is 1. The number of hydrogen-bond acceptors (Lipinski definition) is 5. The number of carboxylic acids is 1. The van der Waals surface area contributed by atoms with E-state index in [1.54, 1.807) is 0 Å². The zero-order chi connectivity index (χ0) is 14.7. The lowest BCUT2D eigenvalue weighted by Crippen LogP contribution is -2.10. The SMILES string of the molecule is O=C(O)CCCCc1sc2c(c1[N+](=O)[O-])C(=O)CCC2. The molecule has 0 fully saturated rings. The van der Waals surface area contributed by atoms with E-state index in [1.807, 2.05) is 0 Å². The molecule has 0 atom stereocenters. The number of hydrogen-bond donors (Lipinski definition) is 1. The van der Waals surface area contributed by atoms with Gasteiger partial charge in [0.15, 0.2) is 5.78 Å². The van der Waals surface area contributed by atoms with Crippen molar-refractivity contribution in [3.05, 3.63) is 25.4 Å². The van der Waals surface area contributed by atoms with E-state index in [4.69, 9.17) is 5.11 Å². The summed E-state index contributed by atoms with van der Waals surface area (Å²) >= 11 is 1.34. The summed E-state index contributed by atoms with van der Waals surface area (Å²) in [6.45, 7) is 0. The molecule has 0 amide bonds. The second kappa shape index (κ2) is 6.13. The Bertz CT molecular complexity index is 563. The molecule has 6 nitrogen and oxygen atoms in total. The highest BCUT2D eigenvalue weighted by molar-refractivity contribution is 7.13. The Hall–Kier alpha value is -1.76. The van der Waals surface area contributed by atoms with Crippen LogP contribution in [0.5, 0.6) is 0 Å². The predicted molar refractivity (Wildman–Crippen MR) is 73.4 cm³/mol. The fourth-order valence-corrected chi connectivity index (χ4v) is 3.82. The number of nitro groups is 1. The van der Waals surface area contributed by atoms with Gasteiger partial charge < -0.3 is 5.11 Å². The van der Waals surface area contributed by atoms with Gasteiger partial charge in [-0.2, -0.15) is 0 Å². The van der Waals surface area contributed by atoms with Crippen LogP contribution in [0.25, 0.3) is 0 Å². The van der Waals surface area contributed by atoms with E-state index in [-0.39, 0.29) is 17.9 Å². The molecule has 20 heavy (non-hydrogen) atoms. The van der Waals surface area contributed by atoms with Crippen molar-refractivity contribution in [1.82, 2.24) is 0 Å². The number of ketones is 1. The van der Waals surface area contributed by atoms with Crippen LogP contribution in [0.15, 0.2) is 0 Å². The van der Waals surface area contributed by atoms with Gasteiger partial charge in [-0.15, -0.1) is 11.3 Å². The molecular formula is C13H15NO5S. The molecule has 2 rings (SSSR count). The van der Waals surface area contributed by atoms with Crippen molar-refractivity contribution in [3.8, 4) is 0 Å². The summed E-state index contributed by atoms with van der Waals surface area (Å²) in [6.07, 6.45) is 3.46. The minimum atomic E-state index is -0.861. The van der Waals surface area contributed by atoms with Crippen LogP contribution < -0.4 is 0 Å². The molecule has 1 heterocycles. The van der Waals surface area contributed by atoms with Crippen LogP contribution in [0.1, 0.15) is 52.2 Å². The van der Waals surface area contributed by atoms with Crippen molar-refractivity contribution in [3.63, 3.8) is 0 Å². The average molecular weight is 297 g/mol. The molecule has 1 aromatic heterocycles. The van der Waals surface area contributed by atoms with Crippen LogP contribution >= 0.6 is 11.3 Å². The third-order valence-corrected chi connectivity index (χ3v) is 4.64. The van der Waals surface area contributed by atoms with Gasteiger partial charge in [-0.3, -0.25) is 19.7 Å². The summed E-state index contributed by atoms with van der Waals surface area (Å²) in [5, 5.41) is 19.8. The predicted octanol–water partition coefficient (Wildman–Crippen LogP) is 2.97. The topological polar surface area (TPSA) is 97.5 Å². The van der Waals surface area contributed by atoms with Gasteiger partial charge >= 0.3 is 5.97 Å². The van der Waals surface area contributed by atoms with Crippen LogP contribution in [0.3, 0.4) is 0 Å². The van der Waals surface area contributed by atoms with E-state index in [0.29, 0.717) is 36.1 Å². The fourth-order valence-electron chi connectivity index (χ4n) is 2.44. The first-order chi connectivity index (χ1) is 9.50. The van der Waals surface area contributed by atoms with Gasteiger partial charge in [0.25, 0.3) is 5.69 Å². The van der Waals surface area contributed by atoms with E-state index in [0.717, 1.165) is 17.7 Å². The number of unbranched alkanes of at least 4 members (excludes halogenated alkanes) is 1. The highest BCUT2D eigenvalue weighted by atomic mass is 32.1. The first kappa shape index (κ1) is 14.6. The number of aliphatic carboxylic acids is 1. The second-order valence-corrected chi connectivity index (χ2v) is 6.00. The maximum atomic E-state index is 11.9. The minimum absolute atomic E-state index is 0.0370. The first-order valence-electron chi connectivity index (χ1n) is 6.54. The molecule has 0 aromatic carbocycles. The number of aryl methyl sites for hydroxylation is 2. The monoisotopic (exact) mass is 297 g/mol. The van der Waals surface area contributed by atoms with E-state index in [1.165, 1.54) is 11.3 Å². The number of Topliss-reactive ketones (excluding diaryl/α,β-unsaturated/α-hetero) is 1. The van der Waals surface area contributed by atoms with E-state index >= 15 is 0 Å². The van der Waals surface area contributed by atoms with E-state index < -0.39 is 10.9 Å². The van der Waals surface area contributed by atoms with Crippen molar-refractivity contribution in [2.45, 2.75) is 44.9 Å². The van der Waals surface area contributed by atoms with Gasteiger partial charge in [0.2, 0.25) is 0 Å². The molecule has 7 heteroatoms. The standard InChI is InChI=1S/C13H15NO5S/c15-8-4-3-6-9-12(8)13(14(18)19)10(20-9)5-1-2-7-11(16)17/h1-7H2,(H,16,17). The summed E-state index contributed by atoms with van der Waals surface area (Å²) in [6, 6.07) is 0. The third-order valence-electron chi connectivity index (χ3n) is 3.34. The van der Waals surface area contributed by atoms with Gasteiger partial charge in [-0.1, -0.05) is 0 Å². The molecule has 1 N–H and O–H groups in total. The van der Waals surface area contributed by atoms with Crippen LogP contribution in [-0.2, 0) is 17.6 Å². The summed E-state index contributed by atoms with van der Waals surface area (Å²) in [4.78, 5) is 34.5. The second-order valence-electron chi connectivity index (χ2n) is 4.81. The average Bonchev–Trinajstić information content (AvgIpc) is 2.74. The molecular weight excluding hydrogens is 282 g/mol. The lowest BCUT2D eigenvalue weighted by atomic mass is 9.96. The van der Waals surface area contributed by atoms with Gasteiger partial charge in [-0.25, -0.2) is 0 Å². The molecule has 0 radical (unpaired) electrons. The Morgan fingerprint density at radius 1 is 1.35 bits per heavy atom. The van der Waals surface area contributed by atoms with Crippen molar-refractivity contribution in [2.75, 3.05) is 0 Å². The first-order valence-corrected chi connectivity index (χ1v) is 7.36. The highest BCUT2D eigenvalue weighted by Crippen LogP contribution is 2.40. The van der Waals surface area contributed by atoms with Crippen molar-refractivity contribution < 1.29 is 19.6 Å². The minimum Gasteiger partial charge on any atom is -0.481 e. The number of carboxylic acid groups (broad SMARTS) is 1. The van der Waals surface area contributed by atoms with Crippen molar-refractivity contribution in [1.29, 1.82) is 0 Å². The number of carbonyl (C=O) groups is 2. The van der Waals surface area contributed by atoms with Crippen molar-refractivity contribution in [2.24, 2.45) is 0 Å². The Balaban J connectivity index is 2.18. The Labute approximate surface area is 119 Å². The molecule has 0 bridgehead atoms. The van der Waals surface area contributed by atoms with Crippen LogP contribution in [0.2, 0.25) is 0 Å². The smallest absolute Gasteiger partial charge is 0.303 e. The quantitative estimate of drug-likeness (QED) is 0.494. The largest absolute Gasteiger partial charge is 0.481 e. The molecule has 0 saturated heterocycles. The number of nitrogens with zero attached hydrogens (tertiary/aromatic N) is 1. The lowest BCUT2D eigenvalue weighted by Gasteiger charge is -2.07. The molecule has 0 aliphatic heterocycles. The van der Waals surface area contributed by atoms with Gasteiger partial charge in [-0.05, 0) is 32.1 Å². The summed E-state index contributed by atoms with van der Waals surface area (Å²) in [5.74, 6) is -0.994. The van der Waals surface area contributed by atoms with Crippen molar-refractivity contribution >= 4 is 28.8 Å². The number of fused-ring (bicyclic) bond motifs is 1. The van der Waals surface area contributed by atoms with Gasteiger partial charge in [0.05, 0.1) is 9.80 Å². The Morgan fingerprint density at radius 2 is 2.10 bits per heavy atom. The zero-order valence-electron chi connectivity index (χ0n) is 10.9. The summed E-state index contributed by atoms with van der Waals surface area (Å²) in [7, 11) is 0. The molecule has 0 unspecified atom stereocenters. The zero-order valence-corrected chi connectivity index (χ0v) is 11.7. The third kappa shape index (κ3) is 3.04. The maximum absolute atomic E-state index is 11.9. The molecule has 0 saturated carbocycles. The van der Waals surface area contributed by atoms with Crippen LogP contribution in [0.4, 0.5) is 5.69 Å². The molecule has 1 aliphatic rings. The maximum Gasteiger partial charge on any atom is 0.303 e. The number of rotatable bonds is 6. The van der Waals surface area contributed by atoms with E-state index in [2.05, 4.69) is 0 Å². The summed E-state index contributed by atoms with van der Waals surface area (Å²) in [5.41, 5.74) is 0.268. The Kier molecular flexibility index (Phi) is 4.49. The highest BCUT2D eigenvalue weighted by Gasteiger charge is 2.33. The van der Waals surface area contributed by atoms with Crippen LogP contribution in [0, 0.1) is 10.1 Å². The lowest BCUT2D eigenvalue weighted by molar-refractivity contribution is -0.385.